The SMILES string of the molecule is CCn1ccnc(NCc2cc3c(s2)CCC3)c1=O. The second kappa shape index (κ2) is 5.17. The average molecular weight is 275 g/mol. The standard InChI is InChI=1S/C14H17N3OS/c1-2-17-7-6-15-13(14(17)18)16-9-11-8-10-4-3-5-12(10)19-11/h6-8H,2-5,9H2,1H3,(H,15,16). The van der Waals surface area contributed by atoms with E-state index in [2.05, 4.69) is 16.4 Å². The van der Waals surface area contributed by atoms with Crippen LogP contribution in [-0.4, -0.2) is 9.55 Å². The van der Waals surface area contributed by atoms with Gasteiger partial charge in [-0.1, -0.05) is 0 Å². The van der Waals surface area contributed by atoms with Gasteiger partial charge in [0.05, 0.1) is 6.54 Å². The van der Waals surface area contributed by atoms with Crippen LogP contribution in [0.4, 0.5) is 5.82 Å². The van der Waals surface area contributed by atoms with Crippen LogP contribution in [0.2, 0.25) is 0 Å². The third-order valence-corrected chi connectivity index (χ3v) is 4.72. The Labute approximate surface area is 116 Å². The fraction of sp³-hybridized carbons (Fsp3) is 0.429. The highest BCUT2D eigenvalue weighted by atomic mass is 32.1. The van der Waals surface area contributed by atoms with Crippen molar-refractivity contribution in [3.63, 3.8) is 0 Å². The van der Waals surface area contributed by atoms with E-state index >= 15 is 0 Å². The van der Waals surface area contributed by atoms with Crippen molar-refractivity contribution < 1.29 is 0 Å². The Morgan fingerprint density at radius 2 is 2.37 bits per heavy atom. The summed E-state index contributed by atoms with van der Waals surface area (Å²) in [4.78, 5) is 18.9. The molecule has 0 aromatic carbocycles. The van der Waals surface area contributed by atoms with Crippen molar-refractivity contribution in [3.05, 3.63) is 44.1 Å². The van der Waals surface area contributed by atoms with Gasteiger partial charge in [0.15, 0.2) is 5.82 Å². The molecule has 0 spiro atoms. The lowest BCUT2D eigenvalue weighted by atomic mass is 10.2. The number of nitrogens with one attached hydrogen (secondary N) is 1. The fourth-order valence-electron chi connectivity index (χ4n) is 2.47. The van der Waals surface area contributed by atoms with Crippen molar-refractivity contribution in [2.75, 3.05) is 5.32 Å². The second-order valence-corrected chi connectivity index (χ2v) is 5.96. The molecular formula is C14H17N3OS. The first-order valence-corrected chi connectivity index (χ1v) is 7.49. The zero-order chi connectivity index (χ0) is 13.2. The van der Waals surface area contributed by atoms with Gasteiger partial charge in [-0.25, -0.2) is 4.98 Å². The van der Waals surface area contributed by atoms with Crippen LogP contribution in [0.3, 0.4) is 0 Å². The maximum atomic E-state index is 12.0. The fourth-order valence-corrected chi connectivity index (χ4v) is 3.67. The average Bonchev–Trinajstić information content (AvgIpc) is 2.98. The van der Waals surface area contributed by atoms with E-state index in [1.165, 1.54) is 34.6 Å². The first-order valence-electron chi connectivity index (χ1n) is 6.67. The highest BCUT2D eigenvalue weighted by Gasteiger charge is 2.14. The summed E-state index contributed by atoms with van der Waals surface area (Å²) in [7, 11) is 0. The molecule has 0 bridgehead atoms. The van der Waals surface area contributed by atoms with Crippen LogP contribution in [0.5, 0.6) is 0 Å². The summed E-state index contributed by atoms with van der Waals surface area (Å²) in [5.41, 5.74) is 1.45. The van der Waals surface area contributed by atoms with E-state index in [0.29, 0.717) is 18.9 Å². The molecule has 0 fully saturated rings. The Kier molecular flexibility index (Phi) is 3.38. The Hall–Kier alpha value is -1.62. The lowest BCUT2D eigenvalue weighted by Crippen LogP contribution is -2.23. The molecule has 2 aromatic rings. The smallest absolute Gasteiger partial charge is 0.293 e. The van der Waals surface area contributed by atoms with Crippen molar-refractivity contribution in [2.45, 2.75) is 39.3 Å². The molecule has 1 aliphatic carbocycles. The topological polar surface area (TPSA) is 46.9 Å². The number of rotatable bonds is 4. The molecule has 2 heterocycles. The summed E-state index contributed by atoms with van der Waals surface area (Å²) in [5, 5.41) is 3.16. The van der Waals surface area contributed by atoms with Crippen LogP contribution >= 0.6 is 11.3 Å². The molecular weight excluding hydrogens is 258 g/mol. The minimum Gasteiger partial charge on any atom is -0.361 e. The van der Waals surface area contributed by atoms with Crippen LogP contribution in [-0.2, 0) is 25.9 Å². The van der Waals surface area contributed by atoms with Crippen molar-refractivity contribution in [1.29, 1.82) is 0 Å². The third kappa shape index (κ3) is 2.42. The first kappa shape index (κ1) is 12.4. The van der Waals surface area contributed by atoms with E-state index in [1.807, 2.05) is 18.3 Å². The lowest BCUT2D eigenvalue weighted by molar-refractivity contribution is 0.718. The normalized spacial score (nSPS) is 13.5. The van der Waals surface area contributed by atoms with Gasteiger partial charge in [-0.3, -0.25) is 4.79 Å². The molecule has 0 saturated carbocycles. The maximum absolute atomic E-state index is 12.0. The summed E-state index contributed by atoms with van der Waals surface area (Å²) in [6, 6.07) is 2.27. The maximum Gasteiger partial charge on any atom is 0.293 e. The van der Waals surface area contributed by atoms with Gasteiger partial charge in [-0.2, -0.15) is 0 Å². The first-order chi connectivity index (χ1) is 9.28. The molecule has 4 nitrogen and oxygen atoms in total. The predicted octanol–water partition coefficient (Wildman–Crippen LogP) is 2.43. The van der Waals surface area contributed by atoms with Crippen LogP contribution in [0.25, 0.3) is 0 Å². The largest absolute Gasteiger partial charge is 0.361 e. The summed E-state index contributed by atoms with van der Waals surface area (Å²) >= 11 is 1.86. The lowest BCUT2D eigenvalue weighted by Gasteiger charge is -2.06. The molecule has 19 heavy (non-hydrogen) atoms. The Morgan fingerprint density at radius 3 is 3.16 bits per heavy atom. The molecule has 0 aliphatic heterocycles. The van der Waals surface area contributed by atoms with Crippen LogP contribution in [0.1, 0.15) is 28.7 Å². The van der Waals surface area contributed by atoms with Gasteiger partial charge >= 0.3 is 0 Å². The predicted molar refractivity (Wildman–Crippen MR) is 77.8 cm³/mol. The number of hydrogen-bond donors (Lipinski definition) is 1. The summed E-state index contributed by atoms with van der Waals surface area (Å²) in [6.07, 6.45) is 7.09. The van der Waals surface area contributed by atoms with Crippen molar-refractivity contribution >= 4 is 17.2 Å². The summed E-state index contributed by atoms with van der Waals surface area (Å²) in [6.45, 7) is 3.31. The molecule has 0 radical (unpaired) electrons. The van der Waals surface area contributed by atoms with Crippen LogP contribution in [0.15, 0.2) is 23.3 Å². The monoisotopic (exact) mass is 275 g/mol. The minimum absolute atomic E-state index is 0.0471. The van der Waals surface area contributed by atoms with Gasteiger partial charge in [0.2, 0.25) is 0 Å². The molecule has 5 heteroatoms. The quantitative estimate of drug-likeness (QED) is 0.932. The summed E-state index contributed by atoms with van der Waals surface area (Å²) in [5.74, 6) is 0.443. The highest BCUT2D eigenvalue weighted by molar-refractivity contribution is 7.12. The number of nitrogens with zero attached hydrogens (tertiary/aromatic N) is 2. The molecule has 1 N–H and O–H groups in total. The Balaban J connectivity index is 1.73. The van der Waals surface area contributed by atoms with Gasteiger partial charge in [-0.05, 0) is 37.8 Å². The molecule has 2 aromatic heterocycles. The zero-order valence-electron chi connectivity index (χ0n) is 11.0. The molecule has 3 rings (SSSR count). The molecule has 0 unspecified atom stereocenters. The Morgan fingerprint density at radius 1 is 1.47 bits per heavy atom. The number of fused-ring (bicyclic) bond motifs is 1. The molecule has 0 amide bonds. The number of hydrogen-bond acceptors (Lipinski definition) is 4. The number of aromatic nitrogens is 2. The van der Waals surface area contributed by atoms with Crippen molar-refractivity contribution in [1.82, 2.24) is 9.55 Å². The molecule has 100 valence electrons. The highest BCUT2D eigenvalue weighted by Crippen LogP contribution is 2.30. The Bertz CT molecular complexity index is 623. The number of aryl methyl sites for hydroxylation is 3. The van der Waals surface area contributed by atoms with Crippen LogP contribution in [0, 0.1) is 0 Å². The molecule has 1 aliphatic rings. The van der Waals surface area contributed by atoms with Gasteiger partial charge in [-0.15, -0.1) is 11.3 Å². The number of anilines is 1. The van der Waals surface area contributed by atoms with Gasteiger partial charge in [0, 0.05) is 28.7 Å². The third-order valence-electron chi connectivity index (χ3n) is 3.48. The van der Waals surface area contributed by atoms with Gasteiger partial charge in [0.1, 0.15) is 0 Å². The zero-order valence-corrected chi connectivity index (χ0v) is 11.8. The van der Waals surface area contributed by atoms with E-state index < -0.39 is 0 Å². The van der Waals surface area contributed by atoms with E-state index in [-0.39, 0.29) is 5.56 Å². The van der Waals surface area contributed by atoms with Gasteiger partial charge < -0.3 is 9.88 Å². The minimum atomic E-state index is -0.0471. The van der Waals surface area contributed by atoms with Gasteiger partial charge in [0.25, 0.3) is 5.56 Å². The molecule has 0 atom stereocenters. The van der Waals surface area contributed by atoms with E-state index in [1.54, 1.807) is 17.0 Å². The van der Waals surface area contributed by atoms with E-state index in [9.17, 15) is 4.79 Å². The van der Waals surface area contributed by atoms with Crippen molar-refractivity contribution in [3.8, 4) is 0 Å². The van der Waals surface area contributed by atoms with E-state index in [4.69, 9.17) is 0 Å². The summed E-state index contributed by atoms with van der Waals surface area (Å²) < 4.78 is 1.66. The van der Waals surface area contributed by atoms with E-state index in [0.717, 1.165) is 0 Å². The number of thiophene rings is 1. The van der Waals surface area contributed by atoms with Crippen molar-refractivity contribution in [2.24, 2.45) is 0 Å². The second-order valence-electron chi connectivity index (χ2n) is 4.74. The van der Waals surface area contributed by atoms with Crippen LogP contribution < -0.4 is 10.9 Å². The molecule has 0 saturated heterocycles.